The van der Waals surface area contributed by atoms with Gasteiger partial charge in [-0.05, 0) is 55.5 Å². The fourth-order valence-corrected chi connectivity index (χ4v) is 3.76. The monoisotopic (exact) mass is 504 g/mol. The van der Waals surface area contributed by atoms with Crippen molar-refractivity contribution in [2.24, 2.45) is 0 Å². The molecule has 8 nitrogen and oxygen atoms in total. The molecule has 31 heavy (non-hydrogen) atoms. The van der Waals surface area contributed by atoms with Gasteiger partial charge in [0.2, 0.25) is 5.91 Å². The third-order valence-corrected chi connectivity index (χ3v) is 5.62. The average molecular weight is 505 g/mol. The zero-order valence-electron chi connectivity index (χ0n) is 16.9. The molecule has 0 aliphatic carbocycles. The van der Waals surface area contributed by atoms with Crippen molar-refractivity contribution in [3.63, 3.8) is 0 Å². The van der Waals surface area contributed by atoms with E-state index in [1.54, 1.807) is 55.5 Å². The molecular formula is C21H21BrN4O4S. The molecule has 1 saturated heterocycles. The molecule has 0 aromatic heterocycles. The van der Waals surface area contributed by atoms with Crippen molar-refractivity contribution in [1.29, 1.82) is 0 Å². The summed E-state index contributed by atoms with van der Waals surface area (Å²) in [4.78, 5) is 39.5. The fourth-order valence-electron chi connectivity index (χ4n) is 3.11. The van der Waals surface area contributed by atoms with Crippen molar-refractivity contribution in [2.45, 2.75) is 19.4 Å². The Morgan fingerprint density at radius 1 is 1.19 bits per heavy atom. The van der Waals surface area contributed by atoms with E-state index in [9.17, 15) is 14.4 Å². The maximum Gasteiger partial charge on any atom is 0.269 e. The van der Waals surface area contributed by atoms with Crippen LogP contribution in [-0.2, 0) is 9.59 Å². The molecule has 3 amide bonds. The van der Waals surface area contributed by atoms with Gasteiger partial charge >= 0.3 is 0 Å². The predicted octanol–water partition coefficient (Wildman–Crippen LogP) is 2.95. The Morgan fingerprint density at radius 3 is 2.55 bits per heavy atom. The summed E-state index contributed by atoms with van der Waals surface area (Å²) in [5.74, 6) is -0.574. The van der Waals surface area contributed by atoms with Crippen molar-refractivity contribution in [3.05, 3.63) is 58.6 Å². The highest BCUT2D eigenvalue weighted by Crippen LogP contribution is 2.21. The number of halogens is 1. The molecule has 3 rings (SSSR count). The van der Waals surface area contributed by atoms with E-state index in [1.807, 2.05) is 0 Å². The van der Waals surface area contributed by atoms with Crippen molar-refractivity contribution in [1.82, 2.24) is 15.3 Å². The minimum atomic E-state index is -0.947. The van der Waals surface area contributed by atoms with Crippen LogP contribution in [0, 0.1) is 0 Å². The number of hydrogen-bond acceptors (Lipinski definition) is 5. The number of ether oxygens (including phenoxy) is 1. The van der Waals surface area contributed by atoms with Crippen LogP contribution < -0.4 is 15.5 Å². The molecule has 2 N–H and O–H groups in total. The quantitative estimate of drug-likeness (QED) is 0.563. The standard InChI is InChI=1S/C21H21BrN4O4S/c1-3-25-20(29)17(12-18(27)23-15-5-4-6-16(11-15)30-2)26(21(25)31)24-19(28)13-7-9-14(22)10-8-13/h4-11,17H,3,12H2,1-2H3,(H,23,27)(H,24,28). The van der Waals surface area contributed by atoms with Gasteiger partial charge in [-0.15, -0.1) is 0 Å². The number of methoxy groups -OCH3 is 1. The molecule has 1 aliphatic heterocycles. The molecular weight excluding hydrogens is 484 g/mol. The Labute approximate surface area is 193 Å². The van der Waals surface area contributed by atoms with Crippen LogP contribution >= 0.6 is 28.1 Å². The van der Waals surface area contributed by atoms with E-state index in [0.29, 0.717) is 23.5 Å². The van der Waals surface area contributed by atoms with E-state index in [-0.39, 0.29) is 17.4 Å². The number of hydrogen-bond donors (Lipinski definition) is 2. The fraction of sp³-hybridized carbons (Fsp3) is 0.238. The van der Waals surface area contributed by atoms with Crippen LogP contribution in [-0.4, -0.2) is 52.4 Å². The lowest BCUT2D eigenvalue weighted by Gasteiger charge is -2.24. The summed E-state index contributed by atoms with van der Waals surface area (Å²) < 4.78 is 5.99. The molecule has 162 valence electrons. The third-order valence-electron chi connectivity index (χ3n) is 4.68. The second-order valence-electron chi connectivity index (χ2n) is 6.68. The number of carbonyl (C=O) groups is 3. The Bertz CT molecular complexity index is 1010. The first kappa shape index (κ1) is 22.7. The number of nitrogens with zero attached hydrogens (tertiary/aromatic N) is 2. The maximum atomic E-state index is 12.8. The van der Waals surface area contributed by atoms with Crippen LogP contribution in [0.25, 0.3) is 0 Å². The van der Waals surface area contributed by atoms with Crippen molar-refractivity contribution in [3.8, 4) is 5.75 Å². The highest BCUT2D eigenvalue weighted by atomic mass is 79.9. The molecule has 0 radical (unpaired) electrons. The minimum Gasteiger partial charge on any atom is -0.497 e. The van der Waals surface area contributed by atoms with Crippen LogP contribution in [0.15, 0.2) is 53.0 Å². The van der Waals surface area contributed by atoms with Crippen molar-refractivity contribution >= 4 is 56.7 Å². The van der Waals surface area contributed by atoms with Gasteiger partial charge in [0.05, 0.1) is 13.5 Å². The van der Waals surface area contributed by atoms with E-state index in [1.165, 1.54) is 17.0 Å². The molecule has 1 atom stereocenters. The van der Waals surface area contributed by atoms with Gasteiger partial charge in [-0.25, -0.2) is 5.01 Å². The Hall–Kier alpha value is -2.98. The lowest BCUT2D eigenvalue weighted by atomic mass is 10.1. The number of thiocarbonyl (C=S) groups is 1. The van der Waals surface area contributed by atoms with Crippen LogP contribution in [0.3, 0.4) is 0 Å². The van der Waals surface area contributed by atoms with Crippen LogP contribution in [0.5, 0.6) is 5.75 Å². The highest BCUT2D eigenvalue weighted by molar-refractivity contribution is 9.10. The first-order valence-electron chi connectivity index (χ1n) is 9.49. The number of likely N-dealkylation sites (N-methyl/N-ethyl adjacent to an activating group) is 1. The molecule has 1 fully saturated rings. The molecule has 1 unspecified atom stereocenters. The smallest absolute Gasteiger partial charge is 0.269 e. The summed E-state index contributed by atoms with van der Waals surface area (Å²) in [5.41, 5.74) is 3.61. The third kappa shape index (κ3) is 5.20. The normalized spacial score (nSPS) is 15.8. The van der Waals surface area contributed by atoms with E-state index >= 15 is 0 Å². The van der Waals surface area contributed by atoms with Gasteiger partial charge < -0.3 is 10.1 Å². The Balaban J connectivity index is 1.75. The van der Waals surface area contributed by atoms with Crippen LogP contribution in [0.2, 0.25) is 0 Å². The highest BCUT2D eigenvalue weighted by Gasteiger charge is 2.43. The van der Waals surface area contributed by atoms with Gasteiger partial charge in [0.15, 0.2) is 5.11 Å². The number of nitrogens with one attached hydrogen (secondary N) is 2. The summed E-state index contributed by atoms with van der Waals surface area (Å²) in [6, 6.07) is 12.7. The molecule has 2 aromatic rings. The minimum absolute atomic E-state index is 0.150. The number of carbonyl (C=O) groups excluding carboxylic acids is 3. The molecule has 2 aromatic carbocycles. The molecule has 10 heteroatoms. The first-order chi connectivity index (χ1) is 14.8. The zero-order valence-corrected chi connectivity index (χ0v) is 19.3. The molecule has 1 heterocycles. The Kier molecular flexibility index (Phi) is 7.24. The van der Waals surface area contributed by atoms with Gasteiger partial charge in [0.1, 0.15) is 11.8 Å². The largest absolute Gasteiger partial charge is 0.497 e. The van der Waals surface area contributed by atoms with E-state index in [4.69, 9.17) is 17.0 Å². The lowest BCUT2D eigenvalue weighted by molar-refractivity contribution is -0.130. The first-order valence-corrected chi connectivity index (χ1v) is 10.7. The number of benzene rings is 2. The van der Waals surface area contributed by atoms with E-state index < -0.39 is 17.9 Å². The summed E-state index contributed by atoms with van der Waals surface area (Å²) in [5, 5.41) is 4.18. The SMILES string of the molecule is CCN1C(=O)C(CC(=O)Nc2cccc(OC)c2)N(NC(=O)c2ccc(Br)cc2)C1=S. The molecule has 0 spiro atoms. The second kappa shape index (κ2) is 9.88. The van der Waals surface area contributed by atoms with Crippen molar-refractivity contribution in [2.75, 3.05) is 19.0 Å². The van der Waals surface area contributed by atoms with E-state index in [2.05, 4.69) is 26.7 Å². The van der Waals surface area contributed by atoms with Gasteiger partial charge in [0, 0.05) is 28.3 Å². The Morgan fingerprint density at radius 2 is 1.90 bits per heavy atom. The maximum absolute atomic E-state index is 12.8. The molecule has 0 saturated carbocycles. The van der Waals surface area contributed by atoms with Gasteiger partial charge in [-0.1, -0.05) is 22.0 Å². The number of hydrazine groups is 1. The molecule has 0 bridgehead atoms. The van der Waals surface area contributed by atoms with Gasteiger partial charge in [-0.3, -0.25) is 24.7 Å². The summed E-state index contributed by atoms with van der Waals surface area (Å²) in [6.07, 6.45) is -0.187. The second-order valence-corrected chi connectivity index (χ2v) is 7.96. The zero-order chi connectivity index (χ0) is 22.5. The molecule has 1 aliphatic rings. The lowest BCUT2D eigenvalue weighted by Crippen LogP contribution is -2.49. The number of amides is 3. The predicted molar refractivity (Wildman–Crippen MR) is 123 cm³/mol. The van der Waals surface area contributed by atoms with Crippen LogP contribution in [0.4, 0.5) is 5.69 Å². The van der Waals surface area contributed by atoms with Gasteiger partial charge in [-0.2, -0.15) is 0 Å². The average Bonchev–Trinajstić information content (AvgIpc) is 2.97. The number of anilines is 1. The number of rotatable bonds is 7. The summed E-state index contributed by atoms with van der Waals surface area (Å²) in [6.45, 7) is 2.11. The topological polar surface area (TPSA) is 91.0 Å². The summed E-state index contributed by atoms with van der Waals surface area (Å²) in [7, 11) is 1.53. The van der Waals surface area contributed by atoms with Crippen molar-refractivity contribution < 1.29 is 19.1 Å². The van der Waals surface area contributed by atoms with Crippen LogP contribution in [0.1, 0.15) is 23.7 Å². The van der Waals surface area contributed by atoms with E-state index in [0.717, 1.165) is 4.47 Å². The summed E-state index contributed by atoms with van der Waals surface area (Å²) >= 11 is 8.70. The van der Waals surface area contributed by atoms with Gasteiger partial charge in [0.25, 0.3) is 11.8 Å².